The van der Waals surface area contributed by atoms with Crippen molar-refractivity contribution in [1.29, 1.82) is 0 Å². The molecule has 186 valence electrons. The van der Waals surface area contributed by atoms with Gasteiger partial charge >= 0.3 is 6.03 Å². The summed E-state index contributed by atoms with van der Waals surface area (Å²) in [4.78, 5) is 17.4. The van der Waals surface area contributed by atoms with Crippen LogP contribution in [0, 0.1) is 0 Å². The number of anilines is 1. The first-order valence-corrected chi connectivity index (χ1v) is 14.1. The van der Waals surface area contributed by atoms with Gasteiger partial charge in [-0.3, -0.25) is 4.90 Å². The van der Waals surface area contributed by atoms with Crippen molar-refractivity contribution in [2.45, 2.75) is 45.1 Å². The first-order valence-electron chi connectivity index (χ1n) is 12.5. The maximum atomic E-state index is 12.7. The SMILES string of the molecule is CN1CCN(Cc2cccc(/C=C/S(=O)(=O)NC(=O)Nc3c4c(cc5c3CCC5)CCC4)c2)CC1. The molecule has 0 saturated carbocycles. The summed E-state index contributed by atoms with van der Waals surface area (Å²) in [6, 6.07) is 9.45. The Morgan fingerprint density at radius 2 is 1.66 bits per heavy atom. The summed E-state index contributed by atoms with van der Waals surface area (Å²) >= 11 is 0. The number of benzene rings is 2. The fourth-order valence-electron chi connectivity index (χ4n) is 5.50. The summed E-state index contributed by atoms with van der Waals surface area (Å²) in [5, 5.41) is 3.95. The number of fused-ring (bicyclic) bond motifs is 2. The van der Waals surface area contributed by atoms with Gasteiger partial charge < -0.3 is 10.2 Å². The Kier molecular flexibility index (Phi) is 6.95. The quantitative estimate of drug-likeness (QED) is 0.642. The van der Waals surface area contributed by atoms with Crippen molar-refractivity contribution in [2.24, 2.45) is 0 Å². The summed E-state index contributed by atoms with van der Waals surface area (Å²) in [5.74, 6) is 0. The van der Waals surface area contributed by atoms with Crippen molar-refractivity contribution >= 4 is 27.8 Å². The molecular weight excluding hydrogens is 460 g/mol. The van der Waals surface area contributed by atoms with Crippen LogP contribution in [0.4, 0.5) is 10.5 Å². The maximum absolute atomic E-state index is 12.7. The van der Waals surface area contributed by atoms with E-state index in [2.05, 4.69) is 39.0 Å². The van der Waals surface area contributed by atoms with Crippen LogP contribution in [0.25, 0.3) is 6.08 Å². The molecule has 2 amide bonds. The highest BCUT2D eigenvalue weighted by molar-refractivity contribution is 7.93. The maximum Gasteiger partial charge on any atom is 0.333 e. The molecule has 1 saturated heterocycles. The van der Waals surface area contributed by atoms with Gasteiger partial charge in [0.15, 0.2) is 0 Å². The number of likely N-dealkylation sites (N-methyl/N-ethyl adjacent to an activating group) is 1. The molecule has 1 fully saturated rings. The molecule has 5 rings (SSSR count). The normalized spacial score (nSPS) is 18.5. The Morgan fingerprint density at radius 3 is 2.34 bits per heavy atom. The van der Waals surface area contributed by atoms with E-state index in [0.717, 1.165) is 93.5 Å². The van der Waals surface area contributed by atoms with Crippen LogP contribution >= 0.6 is 0 Å². The Hall–Kier alpha value is -2.68. The van der Waals surface area contributed by atoms with Crippen LogP contribution in [0.5, 0.6) is 0 Å². The monoisotopic (exact) mass is 494 g/mol. The number of hydrogen-bond acceptors (Lipinski definition) is 5. The zero-order valence-corrected chi connectivity index (χ0v) is 21.2. The molecule has 3 aliphatic rings. The minimum absolute atomic E-state index is 0.701. The zero-order chi connectivity index (χ0) is 24.4. The van der Waals surface area contributed by atoms with Gasteiger partial charge in [-0.2, -0.15) is 0 Å². The van der Waals surface area contributed by atoms with Crippen molar-refractivity contribution in [3.05, 3.63) is 69.1 Å². The second-order valence-electron chi connectivity index (χ2n) is 9.96. The number of sulfonamides is 1. The lowest BCUT2D eigenvalue weighted by Gasteiger charge is -2.32. The van der Waals surface area contributed by atoms with Crippen LogP contribution in [-0.4, -0.2) is 57.5 Å². The number of urea groups is 1. The summed E-state index contributed by atoms with van der Waals surface area (Å²) in [6.07, 6.45) is 7.58. The highest BCUT2D eigenvalue weighted by Gasteiger charge is 2.25. The topological polar surface area (TPSA) is 81.8 Å². The number of amides is 2. The summed E-state index contributed by atoms with van der Waals surface area (Å²) < 4.78 is 27.4. The number of carbonyl (C=O) groups is 1. The van der Waals surface area contributed by atoms with E-state index in [1.54, 1.807) is 6.08 Å². The number of nitrogens with one attached hydrogen (secondary N) is 2. The Bertz CT molecular complexity index is 1220. The van der Waals surface area contributed by atoms with Crippen LogP contribution in [0.1, 0.15) is 46.2 Å². The van der Waals surface area contributed by atoms with E-state index >= 15 is 0 Å². The summed E-state index contributed by atoms with van der Waals surface area (Å²) in [6.45, 7) is 5.00. The van der Waals surface area contributed by atoms with Crippen molar-refractivity contribution in [3.8, 4) is 0 Å². The smallest absolute Gasteiger partial charge is 0.307 e. The third-order valence-corrected chi connectivity index (χ3v) is 8.30. The van der Waals surface area contributed by atoms with Gasteiger partial charge in [0.2, 0.25) is 0 Å². The van der Waals surface area contributed by atoms with E-state index in [1.165, 1.54) is 22.3 Å². The number of nitrogens with zero attached hydrogens (tertiary/aromatic N) is 2. The average Bonchev–Trinajstić information content (AvgIpc) is 3.49. The molecule has 2 aromatic carbocycles. The second kappa shape index (κ2) is 10.1. The first-order chi connectivity index (χ1) is 16.9. The molecule has 0 spiro atoms. The molecule has 0 bridgehead atoms. The molecule has 0 aromatic heterocycles. The third-order valence-electron chi connectivity index (χ3n) is 7.34. The van der Waals surface area contributed by atoms with Gasteiger partial charge in [-0.15, -0.1) is 0 Å². The van der Waals surface area contributed by atoms with Gasteiger partial charge in [-0.1, -0.05) is 30.3 Å². The van der Waals surface area contributed by atoms with E-state index in [0.29, 0.717) is 0 Å². The minimum Gasteiger partial charge on any atom is -0.307 e. The lowest BCUT2D eigenvalue weighted by Crippen LogP contribution is -2.43. The molecule has 2 N–H and O–H groups in total. The molecule has 1 aliphatic heterocycles. The Labute approximate surface area is 208 Å². The van der Waals surface area contributed by atoms with Crippen LogP contribution in [0.15, 0.2) is 35.7 Å². The number of piperazine rings is 1. The van der Waals surface area contributed by atoms with Crippen molar-refractivity contribution < 1.29 is 13.2 Å². The number of aryl methyl sites for hydroxylation is 2. The predicted octanol–water partition coefficient (Wildman–Crippen LogP) is 3.53. The predicted molar refractivity (Wildman–Crippen MR) is 140 cm³/mol. The van der Waals surface area contributed by atoms with Gasteiger partial charge in [0.1, 0.15) is 0 Å². The molecule has 2 aliphatic carbocycles. The highest BCUT2D eigenvalue weighted by atomic mass is 32.2. The highest BCUT2D eigenvalue weighted by Crippen LogP contribution is 2.38. The second-order valence-corrected chi connectivity index (χ2v) is 11.5. The molecule has 35 heavy (non-hydrogen) atoms. The van der Waals surface area contributed by atoms with Crippen LogP contribution in [0.2, 0.25) is 0 Å². The Balaban J connectivity index is 1.23. The lowest BCUT2D eigenvalue weighted by atomic mass is 9.99. The van der Waals surface area contributed by atoms with E-state index in [-0.39, 0.29) is 0 Å². The van der Waals surface area contributed by atoms with E-state index in [9.17, 15) is 13.2 Å². The van der Waals surface area contributed by atoms with Crippen molar-refractivity contribution in [3.63, 3.8) is 0 Å². The van der Waals surface area contributed by atoms with Gasteiger partial charge in [-0.05, 0) is 85.0 Å². The molecule has 8 heteroatoms. The molecule has 1 heterocycles. The number of hydrogen-bond donors (Lipinski definition) is 2. The molecule has 7 nitrogen and oxygen atoms in total. The van der Waals surface area contributed by atoms with Crippen LogP contribution < -0.4 is 10.0 Å². The molecule has 0 unspecified atom stereocenters. The van der Waals surface area contributed by atoms with Crippen molar-refractivity contribution in [2.75, 3.05) is 38.5 Å². The minimum atomic E-state index is -3.93. The fourth-order valence-corrected chi connectivity index (χ4v) is 6.21. The van der Waals surface area contributed by atoms with Crippen LogP contribution in [0.3, 0.4) is 0 Å². The molecular formula is C27H34N4O3S. The lowest BCUT2D eigenvalue weighted by molar-refractivity contribution is 0.148. The summed E-state index contributed by atoms with van der Waals surface area (Å²) in [7, 11) is -1.80. The molecule has 0 atom stereocenters. The Morgan fingerprint density at radius 1 is 0.971 bits per heavy atom. The van der Waals surface area contributed by atoms with Gasteiger partial charge in [-0.25, -0.2) is 17.9 Å². The van der Waals surface area contributed by atoms with Gasteiger partial charge in [0, 0.05) is 38.4 Å². The van der Waals surface area contributed by atoms with Gasteiger partial charge in [0.05, 0.1) is 5.41 Å². The average molecular weight is 495 g/mol. The standard InChI is InChI=1S/C27H34N4O3S/c1-30-12-14-31(15-13-30)19-21-6-2-5-20(17-21)11-16-35(33,34)29-27(32)28-26-24-9-3-7-22(24)18-23-8-4-10-25(23)26/h2,5-6,11,16-18H,3-4,7-10,12-15,19H2,1H3,(H2,28,29,32)/b16-11+. The van der Waals surface area contributed by atoms with Gasteiger partial charge in [0.25, 0.3) is 10.0 Å². The largest absolute Gasteiger partial charge is 0.333 e. The number of carbonyl (C=O) groups excluding carboxylic acids is 1. The molecule has 0 radical (unpaired) electrons. The van der Waals surface area contributed by atoms with Crippen molar-refractivity contribution in [1.82, 2.24) is 14.5 Å². The fraction of sp³-hybridized carbons (Fsp3) is 0.444. The van der Waals surface area contributed by atoms with E-state index in [4.69, 9.17) is 0 Å². The number of rotatable bonds is 6. The summed E-state index contributed by atoms with van der Waals surface area (Å²) in [5.41, 5.74) is 7.70. The van der Waals surface area contributed by atoms with E-state index < -0.39 is 16.1 Å². The third kappa shape index (κ3) is 5.77. The first kappa shape index (κ1) is 24.0. The van der Waals surface area contributed by atoms with Crippen LogP contribution in [-0.2, 0) is 42.3 Å². The zero-order valence-electron chi connectivity index (χ0n) is 20.3. The molecule has 2 aromatic rings. The van der Waals surface area contributed by atoms with E-state index in [1.807, 2.05) is 18.2 Å².